The summed E-state index contributed by atoms with van der Waals surface area (Å²) in [6.45, 7) is 5.84. The quantitative estimate of drug-likeness (QED) is 0.539. The van der Waals surface area contributed by atoms with Crippen molar-refractivity contribution >= 4 is 32.7 Å². The van der Waals surface area contributed by atoms with E-state index in [0.717, 1.165) is 65.4 Å². The number of rotatable bonds is 5. The molecule has 2 aromatic heterocycles. The lowest BCUT2D eigenvalue weighted by molar-refractivity contribution is 0.133. The SMILES string of the molecule is COc1cc2c(cc1OCCN1CCN(C)CC1)ncc1c3ccc(C#N)cc3[nH]c21. The van der Waals surface area contributed by atoms with Crippen LogP contribution in [0.1, 0.15) is 5.56 Å². The van der Waals surface area contributed by atoms with E-state index < -0.39 is 0 Å². The predicted molar refractivity (Wildman–Crippen MR) is 122 cm³/mol. The van der Waals surface area contributed by atoms with E-state index in [-0.39, 0.29) is 0 Å². The molecule has 3 heterocycles. The molecule has 1 fully saturated rings. The number of nitriles is 1. The van der Waals surface area contributed by atoms with Gasteiger partial charge in [0.15, 0.2) is 11.5 Å². The molecule has 7 heteroatoms. The molecule has 0 unspecified atom stereocenters. The second-order valence-corrected chi connectivity index (χ2v) is 8.06. The Morgan fingerprint density at radius 1 is 1.06 bits per heavy atom. The zero-order chi connectivity index (χ0) is 21.4. The maximum absolute atomic E-state index is 9.20. The van der Waals surface area contributed by atoms with E-state index in [4.69, 9.17) is 9.47 Å². The second kappa shape index (κ2) is 8.06. The maximum atomic E-state index is 9.20. The van der Waals surface area contributed by atoms with Gasteiger partial charge in [-0.25, -0.2) is 0 Å². The number of benzene rings is 2. The van der Waals surface area contributed by atoms with Crippen LogP contribution in [-0.4, -0.2) is 73.3 Å². The fourth-order valence-electron chi connectivity index (χ4n) is 4.25. The number of nitrogens with one attached hydrogen (secondary N) is 1. The summed E-state index contributed by atoms with van der Waals surface area (Å²) in [5.41, 5.74) is 3.38. The molecule has 2 aromatic carbocycles. The normalized spacial score (nSPS) is 15.5. The number of pyridine rings is 1. The summed E-state index contributed by atoms with van der Waals surface area (Å²) in [4.78, 5) is 12.9. The molecule has 0 spiro atoms. The number of aromatic amines is 1. The Hall–Kier alpha value is -3.34. The number of hydrogen-bond acceptors (Lipinski definition) is 6. The molecule has 0 radical (unpaired) electrons. The number of ether oxygens (including phenoxy) is 2. The molecule has 1 N–H and O–H groups in total. The van der Waals surface area contributed by atoms with E-state index in [1.54, 1.807) is 7.11 Å². The molecule has 7 nitrogen and oxygen atoms in total. The van der Waals surface area contributed by atoms with Crippen LogP contribution in [0.5, 0.6) is 11.5 Å². The molecule has 1 saturated heterocycles. The van der Waals surface area contributed by atoms with Gasteiger partial charge < -0.3 is 19.4 Å². The lowest BCUT2D eigenvalue weighted by Crippen LogP contribution is -2.45. The van der Waals surface area contributed by atoms with Crippen molar-refractivity contribution in [1.29, 1.82) is 5.26 Å². The van der Waals surface area contributed by atoms with E-state index >= 15 is 0 Å². The van der Waals surface area contributed by atoms with Gasteiger partial charge in [0.1, 0.15) is 6.61 Å². The molecule has 0 amide bonds. The molecular weight excluding hydrogens is 390 g/mol. The first kappa shape index (κ1) is 19.6. The van der Waals surface area contributed by atoms with Gasteiger partial charge in [0.2, 0.25) is 0 Å². The van der Waals surface area contributed by atoms with Crippen LogP contribution in [0.4, 0.5) is 0 Å². The minimum atomic E-state index is 0.608. The van der Waals surface area contributed by atoms with Gasteiger partial charge in [0.05, 0.1) is 29.8 Å². The van der Waals surface area contributed by atoms with Crippen LogP contribution in [0.3, 0.4) is 0 Å². The minimum Gasteiger partial charge on any atom is -0.493 e. The molecule has 0 atom stereocenters. The highest BCUT2D eigenvalue weighted by Crippen LogP contribution is 2.36. The Labute approximate surface area is 180 Å². The molecule has 0 saturated carbocycles. The van der Waals surface area contributed by atoms with Gasteiger partial charge in [0.25, 0.3) is 0 Å². The van der Waals surface area contributed by atoms with Crippen LogP contribution in [0.25, 0.3) is 32.7 Å². The van der Waals surface area contributed by atoms with Crippen molar-refractivity contribution < 1.29 is 9.47 Å². The summed E-state index contributed by atoms with van der Waals surface area (Å²) in [5.74, 6) is 1.40. The molecule has 4 aromatic rings. The van der Waals surface area contributed by atoms with Crippen molar-refractivity contribution in [2.75, 3.05) is 53.5 Å². The van der Waals surface area contributed by atoms with E-state index in [9.17, 15) is 5.26 Å². The Morgan fingerprint density at radius 3 is 2.68 bits per heavy atom. The third-order valence-electron chi connectivity index (χ3n) is 6.11. The Bertz CT molecular complexity index is 1300. The molecule has 0 bridgehead atoms. The zero-order valence-corrected chi connectivity index (χ0v) is 17.8. The molecule has 0 aliphatic carbocycles. The monoisotopic (exact) mass is 415 g/mol. The van der Waals surface area contributed by atoms with Gasteiger partial charge in [-0.1, -0.05) is 6.07 Å². The van der Waals surface area contributed by atoms with Gasteiger partial charge in [-0.15, -0.1) is 0 Å². The fourth-order valence-corrected chi connectivity index (χ4v) is 4.25. The largest absolute Gasteiger partial charge is 0.493 e. The molecule has 158 valence electrons. The number of piperazine rings is 1. The summed E-state index contributed by atoms with van der Waals surface area (Å²) in [7, 11) is 3.82. The van der Waals surface area contributed by atoms with Gasteiger partial charge in [0, 0.05) is 66.7 Å². The zero-order valence-electron chi connectivity index (χ0n) is 17.8. The van der Waals surface area contributed by atoms with E-state index in [1.807, 2.05) is 36.5 Å². The number of aromatic nitrogens is 2. The van der Waals surface area contributed by atoms with Crippen LogP contribution in [0.15, 0.2) is 36.5 Å². The van der Waals surface area contributed by atoms with Crippen molar-refractivity contribution in [2.45, 2.75) is 0 Å². The maximum Gasteiger partial charge on any atom is 0.163 e. The van der Waals surface area contributed by atoms with E-state index in [2.05, 4.69) is 32.9 Å². The first-order valence-electron chi connectivity index (χ1n) is 10.5. The Kier molecular flexibility index (Phi) is 5.10. The Balaban J connectivity index is 1.45. The third kappa shape index (κ3) is 3.65. The summed E-state index contributed by atoms with van der Waals surface area (Å²) in [6, 6.07) is 11.8. The number of hydrogen-bond donors (Lipinski definition) is 1. The van der Waals surface area contributed by atoms with Crippen molar-refractivity contribution in [3.63, 3.8) is 0 Å². The van der Waals surface area contributed by atoms with Gasteiger partial charge >= 0.3 is 0 Å². The standard InChI is InChI=1S/C24H25N5O2/c1-28-5-7-29(8-6-28)9-10-31-23-13-20-18(12-22(23)30-2)24-19(15-26-20)17-4-3-16(14-25)11-21(17)27-24/h3-4,11-13,15,27H,5-10H2,1-2H3. The third-order valence-corrected chi connectivity index (χ3v) is 6.11. The van der Waals surface area contributed by atoms with Crippen molar-refractivity contribution in [3.8, 4) is 17.6 Å². The fraction of sp³-hybridized carbons (Fsp3) is 0.333. The molecule has 31 heavy (non-hydrogen) atoms. The summed E-state index contributed by atoms with van der Waals surface area (Å²) in [5, 5.41) is 12.2. The number of H-pyrrole nitrogens is 1. The first-order chi connectivity index (χ1) is 15.2. The lowest BCUT2D eigenvalue weighted by atomic mass is 10.1. The van der Waals surface area contributed by atoms with Gasteiger partial charge in [-0.05, 0) is 25.2 Å². The average Bonchev–Trinajstić information content (AvgIpc) is 3.18. The lowest BCUT2D eigenvalue weighted by Gasteiger charge is -2.32. The van der Waals surface area contributed by atoms with Crippen molar-refractivity contribution in [2.24, 2.45) is 0 Å². The van der Waals surface area contributed by atoms with Crippen LogP contribution in [-0.2, 0) is 0 Å². The summed E-state index contributed by atoms with van der Waals surface area (Å²) < 4.78 is 11.7. The number of likely N-dealkylation sites (N-methyl/N-ethyl adjacent to an activating group) is 1. The summed E-state index contributed by atoms with van der Waals surface area (Å²) >= 11 is 0. The van der Waals surface area contributed by atoms with Crippen molar-refractivity contribution in [3.05, 3.63) is 42.1 Å². The van der Waals surface area contributed by atoms with E-state index in [1.165, 1.54) is 0 Å². The van der Waals surface area contributed by atoms with Crippen LogP contribution < -0.4 is 9.47 Å². The van der Waals surface area contributed by atoms with Crippen LogP contribution in [0, 0.1) is 11.3 Å². The number of nitrogens with zero attached hydrogens (tertiary/aromatic N) is 4. The highest BCUT2D eigenvalue weighted by Gasteiger charge is 2.16. The van der Waals surface area contributed by atoms with Gasteiger partial charge in [-0.2, -0.15) is 5.26 Å². The predicted octanol–water partition coefficient (Wildman–Crippen LogP) is 3.38. The highest BCUT2D eigenvalue weighted by molar-refractivity contribution is 6.16. The summed E-state index contributed by atoms with van der Waals surface area (Å²) in [6.07, 6.45) is 1.88. The molecule has 1 aliphatic rings. The molecule has 5 rings (SSSR count). The van der Waals surface area contributed by atoms with E-state index in [0.29, 0.717) is 23.7 Å². The Morgan fingerprint density at radius 2 is 1.90 bits per heavy atom. The number of methoxy groups -OCH3 is 1. The molecular formula is C24H25N5O2. The van der Waals surface area contributed by atoms with Crippen LogP contribution in [0.2, 0.25) is 0 Å². The second-order valence-electron chi connectivity index (χ2n) is 8.06. The first-order valence-corrected chi connectivity index (χ1v) is 10.5. The topological polar surface area (TPSA) is 77.4 Å². The van der Waals surface area contributed by atoms with Gasteiger partial charge in [-0.3, -0.25) is 9.88 Å². The molecule has 1 aliphatic heterocycles. The van der Waals surface area contributed by atoms with Crippen LogP contribution >= 0.6 is 0 Å². The minimum absolute atomic E-state index is 0.608. The highest BCUT2D eigenvalue weighted by atomic mass is 16.5. The number of fused-ring (bicyclic) bond motifs is 5. The average molecular weight is 415 g/mol. The van der Waals surface area contributed by atoms with Crippen molar-refractivity contribution in [1.82, 2.24) is 19.8 Å². The smallest absolute Gasteiger partial charge is 0.163 e.